The maximum absolute atomic E-state index is 14.1. The Hall–Kier alpha value is -5.72. The van der Waals surface area contributed by atoms with Crippen molar-refractivity contribution in [2.75, 3.05) is 5.32 Å². The van der Waals surface area contributed by atoms with E-state index in [1.54, 1.807) is 60.9 Å². The standard InChI is InChI=1S/C33H23ClN6O5S/c34-29-7-4-24(46-29)18-37-30-17-26(38-40(30)31(42)22-2-1-3-23(16-22)33(44)45)25-5-6-27(20-8-12-35-13-9-20)39(32(25)43)19-28(41)21-10-14-36-15-11-21/h1-17,37H,18-19H2,(H,44,45). The van der Waals surface area contributed by atoms with Crippen LogP contribution in [0.15, 0.2) is 108 Å². The number of aromatic nitrogens is 5. The number of carboxylic acids is 1. The molecule has 0 atom stereocenters. The molecule has 46 heavy (non-hydrogen) atoms. The summed E-state index contributed by atoms with van der Waals surface area (Å²) < 4.78 is 3.06. The Labute approximate surface area is 270 Å². The summed E-state index contributed by atoms with van der Waals surface area (Å²) in [4.78, 5) is 61.6. The van der Waals surface area contributed by atoms with Crippen molar-refractivity contribution in [2.24, 2.45) is 0 Å². The number of ketones is 1. The van der Waals surface area contributed by atoms with Crippen LogP contribution in [-0.4, -0.2) is 47.1 Å². The molecule has 0 aliphatic heterocycles. The van der Waals surface area contributed by atoms with Gasteiger partial charge in [-0.2, -0.15) is 9.78 Å². The highest BCUT2D eigenvalue weighted by molar-refractivity contribution is 7.16. The first kappa shape index (κ1) is 30.3. The zero-order valence-corrected chi connectivity index (χ0v) is 25.4. The van der Waals surface area contributed by atoms with E-state index in [0.29, 0.717) is 27.7 Å². The highest BCUT2D eigenvalue weighted by Crippen LogP contribution is 2.27. The fraction of sp³-hybridized carbons (Fsp3) is 0.0606. The Kier molecular flexibility index (Phi) is 8.63. The predicted molar refractivity (Wildman–Crippen MR) is 174 cm³/mol. The number of nitrogens with zero attached hydrogens (tertiary/aromatic N) is 5. The van der Waals surface area contributed by atoms with Gasteiger partial charge in [-0.05, 0) is 66.7 Å². The van der Waals surface area contributed by atoms with Crippen LogP contribution in [0.3, 0.4) is 0 Å². The molecule has 0 unspecified atom stereocenters. The molecule has 0 saturated carbocycles. The topological polar surface area (TPSA) is 149 Å². The zero-order chi connectivity index (χ0) is 32.2. The minimum Gasteiger partial charge on any atom is -0.478 e. The molecule has 6 rings (SSSR count). The molecule has 13 heteroatoms. The summed E-state index contributed by atoms with van der Waals surface area (Å²) in [6.45, 7) is 0.0385. The van der Waals surface area contributed by atoms with Crippen molar-refractivity contribution in [3.63, 3.8) is 0 Å². The molecule has 1 aromatic carbocycles. The third kappa shape index (κ3) is 6.39. The van der Waals surface area contributed by atoms with Crippen LogP contribution in [0, 0.1) is 0 Å². The van der Waals surface area contributed by atoms with Gasteiger partial charge in [0.15, 0.2) is 5.78 Å². The molecule has 0 saturated heterocycles. The lowest BCUT2D eigenvalue weighted by Crippen LogP contribution is -2.27. The zero-order valence-electron chi connectivity index (χ0n) is 23.8. The molecule has 0 radical (unpaired) electrons. The summed E-state index contributed by atoms with van der Waals surface area (Å²) in [7, 11) is 0. The van der Waals surface area contributed by atoms with Crippen molar-refractivity contribution in [3.8, 4) is 22.5 Å². The van der Waals surface area contributed by atoms with Gasteiger partial charge in [0.2, 0.25) is 0 Å². The van der Waals surface area contributed by atoms with Gasteiger partial charge in [-0.25, -0.2) is 4.79 Å². The lowest BCUT2D eigenvalue weighted by atomic mass is 10.1. The highest BCUT2D eigenvalue weighted by Gasteiger charge is 2.22. The number of rotatable bonds is 10. The summed E-state index contributed by atoms with van der Waals surface area (Å²) in [6.07, 6.45) is 6.19. The molecule has 0 amide bonds. The van der Waals surface area contributed by atoms with Gasteiger partial charge in [-0.3, -0.25) is 28.9 Å². The summed E-state index contributed by atoms with van der Waals surface area (Å²) in [6, 6.07) is 20.7. The number of carbonyl (C=O) groups is 3. The molecule has 0 bridgehead atoms. The number of hydrogen-bond acceptors (Lipinski definition) is 9. The average Bonchev–Trinajstić information content (AvgIpc) is 3.70. The van der Waals surface area contributed by atoms with E-state index in [9.17, 15) is 24.3 Å². The second-order valence-corrected chi connectivity index (χ2v) is 11.8. The van der Waals surface area contributed by atoms with Crippen LogP contribution in [0.1, 0.15) is 36.0 Å². The van der Waals surface area contributed by atoms with Gasteiger partial charge >= 0.3 is 5.97 Å². The Morgan fingerprint density at radius 2 is 1.57 bits per heavy atom. The average molecular weight is 651 g/mol. The second-order valence-electron chi connectivity index (χ2n) is 10.00. The van der Waals surface area contributed by atoms with E-state index in [2.05, 4.69) is 20.4 Å². The van der Waals surface area contributed by atoms with E-state index in [4.69, 9.17) is 11.6 Å². The number of nitrogens with one attached hydrogen (secondary N) is 1. The molecular weight excluding hydrogens is 628 g/mol. The highest BCUT2D eigenvalue weighted by atomic mass is 35.5. The molecular formula is C33H23ClN6O5S. The van der Waals surface area contributed by atoms with Gasteiger partial charge in [-0.1, -0.05) is 17.7 Å². The van der Waals surface area contributed by atoms with Crippen LogP contribution in [0.5, 0.6) is 0 Å². The van der Waals surface area contributed by atoms with Gasteiger partial charge in [0.1, 0.15) is 11.5 Å². The number of carbonyl (C=O) groups excluding carboxylic acids is 2. The van der Waals surface area contributed by atoms with E-state index >= 15 is 0 Å². The van der Waals surface area contributed by atoms with Gasteiger partial charge in [-0.15, -0.1) is 11.3 Å². The Bertz CT molecular complexity index is 2140. The Morgan fingerprint density at radius 1 is 0.848 bits per heavy atom. The molecule has 11 nitrogen and oxygen atoms in total. The first-order chi connectivity index (χ1) is 22.3. The number of aromatic carboxylic acids is 1. The minimum atomic E-state index is -1.18. The lowest BCUT2D eigenvalue weighted by Gasteiger charge is -2.14. The summed E-state index contributed by atoms with van der Waals surface area (Å²) >= 11 is 7.46. The van der Waals surface area contributed by atoms with Gasteiger partial charge < -0.3 is 10.4 Å². The van der Waals surface area contributed by atoms with Gasteiger partial charge in [0.05, 0.1) is 34.2 Å². The number of anilines is 1. The first-order valence-corrected chi connectivity index (χ1v) is 15.0. The van der Waals surface area contributed by atoms with Crippen LogP contribution >= 0.6 is 22.9 Å². The number of hydrogen-bond donors (Lipinski definition) is 2. The van der Waals surface area contributed by atoms with E-state index in [1.165, 1.54) is 52.6 Å². The number of benzene rings is 1. The SMILES string of the molecule is O=C(O)c1cccc(C(=O)n2nc(-c3ccc(-c4ccncc4)n(CC(=O)c4ccncc4)c3=O)cc2NCc2ccc(Cl)s2)c1. The van der Waals surface area contributed by atoms with Crippen LogP contribution < -0.4 is 10.9 Å². The smallest absolute Gasteiger partial charge is 0.335 e. The van der Waals surface area contributed by atoms with Crippen molar-refractivity contribution >= 4 is 46.4 Å². The summed E-state index contributed by atoms with van der Waals surface area (Å²) in [5.41, 5.74) is 1.41. The van der Waals surface area contributed by atoms with E-state index in [-0.39, 0.29) is 40.5 Å². The van der Waals surface area contributed by atoms with Crippen LogP contribution in [0.2, 0.25) is 4.34 Å². The molecule has 5 aromatic heterocycles. The molecule has 0 spiro atoms. The molecule has 5 heterocycles. The normalized spacial score (nSPS) is 10.9. The third-order valence-electron chi connectivity index (χ3n) is 7.06. The van der Waals surface area contributed by atoms with Crippen molar-refractivity contribution in [1.82, 2.24) is 24.3 Å². The van der Waals surface area contributed by atoms with Crippen molar-refractivity contribution in [2.45, 2.75) is 13.1 Å². The number of pyridine rings is 3. The molecule has 2 N–H and O–H groups in total. The van der Waals surface area contributed by atoms with E-state index in [1.807, 2.05) is 6.07 Å². The summed E-state index contributed by atoms with van der Waals surface area (Å²) in [5.74, 6) is -1.82. The largest absolute Gasteiger partial charge is 0.478 e. The predicted octanol–water partition coefficient (Wildman–Crippen LogP) is 5.77. The maximum Gasteiger partial charge on any atom is 0.335 e. The Morgan fingerprint density at radius 3 is 2.26 bits per heavy atom. The van der Waals surface area contributed by atoms with Crippen molar-refractivity contribution in [1.29, 1.82) is 0 Å². The van der Waals surface area contributed by atoms with Crippen LogP contribution in [0.25, 0.3) is 22.5 Å². The minimum absolute atomic E-state index is 0.0607. The molecule has 0 aliphatic rings. The number of Topliss-reactive ketones (excluding diaryl/α,β-unsaturated/α-hetero) is 1. The van der Waals surface area contributed by atoms with E-state index in [0.717, 1.165) is 9.56 Å². The first-order valence-electron chi connectivity index (χ1n) is 13.8. The van der Waals surface area contributed by atoms with Crippen LogP contribution in [0.4, 0.5) is 5.82 Å². The number of thiophene rings is 1. The number of carboxylic acid groups (broad SMARTS) is 1. The van der Waals surface area contributed by atoms with Crippen LogP contribution in [-0.2, 0) is 13.1 Å². The quantitative estimate of drug-likeness (QED) is 0.176. The van der Waals surface area contributed by atoms with E-state index < -0.39 is 17.4 Å². The van der Waals surface area contributed by atoms with Crippen molar-refractivity contribution in [3.05, 3.63) is 140 Å². The molecule has 228 valence electrons. The van der Waals surface area contributed by atoms with Gasteiger partial charge in [0.25, 0.3) is 11.5 Å². The fourth-order valence-electron chi connectivity index (χ4n) is 4.80. The Balaban J connectivity index is 1.45. The van der Waals surface area contributed by atoms with Crippen molar-refractivity contribution < 1.29 is 19.5 Å². The maximum atomic E-state index is 14.1. The summed E-state index contributed by atoms with van der Waals surface area (Å²) in [5, 5.41) is 17.1. The molecule has 6 aromatic rings. The molecule has 0 aliphatic carbocycles. The molecule has 0 fully saturated rings. The third-order valence-corrected chi connectivity index (χ3v) is 8.29. The monoisotopic (exact) mass is 650 g/mol. The number of halogens is 1. The lowest BCUT2D eigenvalue weighted by molar-refractivity contribution is 0.0696. The second kappa shape index (κ2) is 13.1. The fourth-order valence-corrected chi connectivity index (χ4v) is 5.83. The van der Waals surface area contributed by atoms with Gasteiger partial charge in [0, 0.05) is 52.4 Å².